The van der Waals surface area contributed by atoms with E-state index in [2.05, 4.69) is 11.4 Å². The Hall–Kier alpha value is -3.05. The van der Waals surface area contributed by atoms with Crippen LogP contribution in [-0.4, -0.2) is 24.1 Å². The normalized spacial score (nSPS) is 12.5. The molecule has 0 fully saturated rings. The van der Waals surface area contributed by atoms with Gasteiger partial charge >= 0.3 is 0 Å². The lowest BCUT2D eigenvalue weighted by atomic mass is 10.1. The molecule has 0 radical (unpaired) electrons. The Labute approximate surface area is 181 Å². The summed E-state index contributed by atoms with van der Waals surface area (Å²) < 4.78 is 0. The number of benzene rings is 3. The zero-order valence-electron chi connectivity index (χ0n) is 16.9. The van der Waals surface area contributed by atoms with Crippen LogP contribution in [0.5, 0.6) is 0 Å². The number of thioether (sulfide) groups is 1. The Morgan fingerprint density at radius 3 is 2.53 bits per heavy atom. The van der Waals surface area contributed by atoms with Crippen LogP contribution < -0.4 is 10.2 Å². The molecule has 0 spiro atoms. The number of hydrogen-bond donors (Lipinski definition) is 1. The molecule has 1 heterocycles. The molecule has 1 aliphatic heterocycles. The van der Waals surface area contributed by atoms with E-state index in [0.717, 1.165) is 28.1 Å². The van der Waals surface area contributed by atoms with E-state index >= 15 is 0 Å². The van der Waals surface area contributed by atoms with Gasteiger partial charge in [0.1, 0.15) is 0 Å². The standard InChI is InChI=1S/C25H24N2O2S/c1-18-7-10-21(11-8-18)25(29)27-14-13-20-12-9-19(15-23(20)27)16-26-24(28)17-30-22-5-3-2-4-6-22/h2-12,15H,13-14,16-17H2,1H3,(H,26,28). The second kappa shape index (κ2) is 9.18. The fraction of sp³-hybridized carbons (Fsp3) is 0.200. The first kappa shape index (κ1) is 20.2. The molecule has 0 atom stereocenters. The summed E-state index contributed by atoms with van der Waals surface area (Å²) >= 11 is 1.52. The predicted octanol–water partition coefficient (Wildman–Crippen LogP) is 4.61. The summed E-state index contributed by atoms with van der Waals surface area (Å²) in [6.07, 6.45) is 0.854. The van der Waals surface area contributed by atoms with Gasteiger partial charge in [-0.3, -0.25) is 9.59 Å². The van der Waals surface area contributed by atoms with Crippen LogP contribution in [-0.2, 0) is 17.8 Å². The third-order valence-electron chi connectivity index (χ3n) is 5.19. The van der Waals surface area contributed by atoms with E-state index in [1.165, 1.54) is 17.3 Å². The van der Waals surface area contributed by atoms with Crippen molar-refractivity contribution in [1.29, 1.82) is 0 Å². The molecule has 2 amide bonds. The van der Waals surface area contributed by atoms with Crippen molar-refractivity contribution < 1.29 is 9.59 Å². The van der Waals surface area contributed by atoms with Crippen LogP contribution >= 0.6 is 11.8 Å². The Morgan fingerprint density at radius 1 is 1.00 bits per heavy atom. The van der Waals surface area contributed by atoms with Gasteiger partial charge in [0.15, 0.2) is 0 Å². The van der Waals surface area contributed by atoms with Crippen molar-refractivity contribution in [2.45, 2.75) is 24.8 Å². The van der Waals surface area contributed by atoms with Crippen molar-refractivity contribution >= 4 is 29.3 Å². The molecule has 3 aromatic rings. The first-order valence-electron chi connectivity index (χ1n) is 10.0. The molecule has 4 nitrogen and oxygen atoms in total. The molecule has 0 bridgehead atoms. The molecule has 5 heteroatoms. The summed E-state index contributed by atoms with van der Waals surface area (Å²) in [6.45, 7) is 3.15. The lowest BCUT2D eigenvalue weighted by Crippen LogP contribution is -2.29. The molecule has 1 aliphatic rings. The van der Waals surface area contributed by atoms with Crippen LogP contribution in [0, 0.1) is 6.92 Å². The minimum atomic E-state index is -0.00283. The molecule has 0 aliphatic carbocycles. The Balaban J connectivity index is 1.38. The number of aryl methyl sites for hydroxylation is 1. The number of nitrogens with zero attached hydrogens (tertiary/aromatic N) is 1. The average Bonchev–Trinajstić information content (AvgIpc) is 3.20. The number of rotatable bonds is 6. The molecule has 0 aromatic heterocycles. The van der Waals surface area contributed by atoms with Crippen LogP contribution in [0.2, 0.25) is 0 Å². The number of anilines is 1. The molecule has 0 saturated heterocycles. The van der Waals surface area contributed by atoms with E-state index < -0.39 is 0 Å². The highest BCUT2D eigenvalue weighted by molar-refractivity contribution is 8.00. The van der Waals surface area contributed by atoms with Crippen LogP contribution in [0.25, 0.3) is 0 Å². The van der Waals surface area contributed by atoms with Gasteiger partial charge < -0.3 is 10.2 Å². The van der Waals surface area contributed by atoms with Gasteiger partial charge in [-0.1, -0.05) is 48.0 Å². The maximum absolute atomic E-state index is 13.0. The molecule has 4 rings (SSSR count). The number of carbonyl (C=O) groups is 2. The summed E-state index contributed by atoms with van der Waals surface area (Å²) in [5.41, 5.74) is 4.95. The lowest BCUT2D eigenvalue weighted by molar-refractivity contribution is -0.118. The number of amides is 2. The van der Waals surface area contributed by atoms with E-state index in [9.17, 15) is 9.59 Å². The van der Waals surface area contributed by atoms with Gasteiger partial charge in [0.05, 0.1) is 5.75 Å². The van der Waals surface area contributed by atoms with Crippen molar-refractivity contribution in [3.63, 3.8) is 0 Å². The molecule has 3 aromatic carbocycles. The van der Waals surface area contributed by atoms with Crippen LogP contribution in [0.1, 0.15) is 27.0 Å². The van der Waals surface area contributed by atoms with Crippen molar-refractivity contribution in [1.82, 2.24) is 5.32 Å². The largest absolute Gasteiger partial charge is 0.351 e. The zero-order valence-corrected chi connectivity index (χ0v) is 17.7. The highest BCUT2D eigenvalue weighted by Gasteiger charge is 2.25. The fourth-order valence-electron chi connectivity index (χ4n) is 3.51. The molecule has 30 heavy (non-hydrogen) atoms. The quantitative estimate of drug-likeness (QED) is 0.597. The molecule has 152 valence electrons. The molecule has 1 N–H and O–H groups in total. The van der Waals surface area contributed by atoms with Crippen molar-refractivity contribution in [3.8, 4) is 0 Å². The second-order valence-electron chi connectivity index (χ2n) is 7.41. The van der Waals surface area contributed by atoms with E-state index in [0.29, 0.717) is 24.4 Å². The fourth-order valence-corrected chi connectivity index (χ4v) is 4.26. The number of fused-ring (bicyclic) bond motifs is 1. The Kier molecular flexibility index (Phi) is 6.19. The maximum Gasteiger partial charge on any atom is 0.258 e. The topological polar surface area (TPSA) is 49.4 Å². The highest BCUT2D eigenvalue weighted by atomic mass is 32.2. The SMILES string of the molecule is Cc1ccc(C(=O)N2CCc3ccc(CNC(=O)CSc4ccccc4)cc32)cc1. The predicted molar refractivity (Wildman–Crippen MR) is 122 cm³/mol. The van der Waals surface area contributed by atoms with Crippen molar-refractivity contribution in [2.24, 2.45) is 0 Å². The van der Waals surface area contributed by atoms with E-state index in [-0.39, 0.29) is 11.8 Å². The van der Waals surface area contributed by atoms with Gasteiger partial charge in [-0.15, -0.1) is 11.8 Å². The second-order valence-corrected chi connectivity index (χ2v) is 8.46. The van der Waals surface area contributed by atoms with Crippen LogP contribution in [0.3, 0.4) is 0 Å². The zero-order chi connectivity index (χ0) is 20.9. The van der Waals surface area contributed by atoms with E-state index in [1.54, 1.807) is 0 Å². The summed E-state index contributed by atoms with van der Waals surface area (Å²) in [5.74, 6) is 0.402. The summed E-state index contributed by atoms with van der Waals surface area (Å²) in [4.78, 5) is 28.1. The van der Waals surface area contributed by atoms with Crippen LogP contribution in [0.15, 0.2) is 77.7 Å². The lowest BCUT2D eigenvalue weighted by Gasteiger charge is -2.18. The third kappa shape index (κ3) is 4.74. The van der Waals surface area contributed by atoms with Gasteiger partial charge in [-0.2, -0.15) is 0 Å². The first-order chi connectivity index (χ1) is 14.6. The van der Waals surface area contributed by atoms with Crippen molar-refractivity contribution in [2.75, 3.05) is 17.2 Å². The molecule has 0 saturated carbocycles. The number of carbonyl (C=O) groups excluding carboxylic acids is 2. The number of hydrogen-bond acceptors (Lipinski definition) is 3. The first-order valence-corrected chi connectivity index (χ1v) is 11.0. The van der Waals surface area contributed by atoms with Gasteiger partial charge in [-0.05, 0) is 54.8 Å². The Morgan fingerprint density at radius 2 is 1.77 bits per heavy atom. The number of nitrogens with one attached hydrogen (secondary N) is 1. The van der Waals surface area contributed by atoms with Crippen molar-refractivity contribution in [3.05, 3.63) is 95.1 Å². The summed E-state index contributed by atoms with van der Waals surface area (Å²) in [7, 11) is 0. The monoisotopic (exact) mass is 416 g/mol. The Bertz CT molecular complexity index is 1050. The minimum Gasteiger partial charge on any atom is -0.351 e. The highest BCUT2D eigenvalue weighted by Crippen LogP contribution is 2.30. The van der Waals surface area contributed by atoms with Gasteiger partial charge in [0.2, 0.25) is 5.91 Å². The van der Waals surface area contributed by atoms with Gasteiger partial charge in [0, 0.05) is 29.2 Å². The van der Waals surface area contributed by atoms with Gasteiger partial charge in [0.25, 0.3) is 5.91 Å². The maximum atomic E-state index is 13.0. The van der Waals surface area contributed by atoms with Gasteiger partial charge in [-0.25, -0.2) is 0 Å². The average molecular weight is 417 g/mol. The third-order valence-corrected chi connectivity index (χ3v) is 6.20. The smallest absolute Gasteiger partial charge is 0.258 e. The molecule has 0 unspecified atom stereocenters. The van der Waals surface area contributed by atoms with E-state index in [1.807, 2.05) is 78.6 Å². The molecular weight excluding hydrogens is 392 g/mol. The minimum absolute atomic E-state index is 0.00283. The summed E-state index contributed by atoms with van der Waals surface area (Å²) in [5, 5.41) is 2.98. The molecular formula is C25H24N2O2S. The van der Waals surface area contributed by atoms with E-state index in [4.69, 9.17) is 0 Å². The van der Waals surface area contributed by atoms with Crippen LogP contribution in [0.4, 0.5) is 5.69 Å². The summed E-state index contributed by atoms with van der Waals surface area (Å²) in [6, 6.07) is 23.7.